The van der Waals surface area contributed by atoms with Gasteiger partial charge in [-0.15, -0.1) is 0 Å². The molecule has 8 heteroatoms. The fourth-order valence-corrected chi connectivity index (χ4v) is 3.38. The molecule has 0 aliphatic heterocycles. The van der Waals surface area contributed by atoms with Crippen molar-refractivity contribution in [2.45, 2.75) is 0 Å². The van der Waals surface area contributed by atoms with Crippen LogP contribution < -0.4 is 37.7 Å². The maximum atomic E-state index is 11.0. The van der Waals surface area contributed by atoms with Crippen molar-refractivity contribution in [3.8, 4) is 16.9 Å². The molecule has 0 aliphatic carbocycles. The Morgan fingerprint density at radius 3 is 1.53 bits per heavy atom. The molecule has 38 heavy (non-hydrogen) atoms. The molecular formula is C30H28CaLi2O5. The van der Waals surface area contributed by atoms with Crippen LogP contribution in [0.4, 0.5) is 0 Å². The van der Waals surface area contributed by atoms with Gasteiger partial charge in [0.2, 0.25) is 0 Å². The van der Waals surface area contributed by atoms with E-state index >= 15 is 0 Å². The number of para-hydroxylation sites is 1. The van der Waals surface area contributed by atoms with Crippen molar-refractivity contribution in [3.05, 3.63) is 139 Å². The molecule has 5 aromatic rings. The number of carbonyl (C=O) groups is 2. The van der Waals surface area contributed by atoms with Crippen LogP contribution in [0.3, 0.4) is 0 Å². The van der Waals surface area contributed by atoms with E-state index in [2.05, 4.69) is 0 Å². The van der Waals surface area contributed by atoms with E-state index in [0.717, 1.165) is 21.9 Å². The Labute approximate surface area is 281 Å². The summed E-state index contributed by atoms with van der Waals surface area (Å²) in [5.74, 6) is -1.45. The van der Waals surface area contributed by atoms with Gasteiger partial charge in [0, 0.05) is 0 Å². The van der Waals surface area contributed by atoms with Gasteiger partial charge in [-0.05, 0) is 46.2 Å². The second kappa shape index (κ2) is 18.7. The molecule has 0 saturated heterocycles. The normalized spacial score (nSPS) is 8.95. The Kier molecular flexibility index (Phi) is 17.5. The molecule has 5 nitrogen and oxygen atoms in total. The summed E-state index contributed by atoms with van der Waals surface area (Å²) in [6, 6.07) is 38.0. The zero-order valence-electron chi connectivity index (χ0n) is 25.5. The van der Waals surface area contributed by atoms with Crippen molar-refractivity contribution in [1.82, 2.24) is 0 Å². The van der Waals surface area contributed by atoms with Crippen LogP contribution in [-0.4, -0.2) is 65.0 Å². The third-order valence-corrected chi connectivity index (χ3v) is 5.02. The first-order valence-corrected chi connectivity index (χ1v) is 10.8. The van der Waals surface area contributed by atoms with E-state index < -0.39 is 11.9 Å². The van der Waals surface area contributed by atoms with Gasteiger partial charge >= 0.3 is 87.4 Å². The standard InChI is InChI=1S/C13H10O2.C11H8O2.C6H6O.Ca.2Li.4H/c14-13(15)12-9-5-4-8-11(12)10-6-2-1-3-7-10;12-11(13)10-7-3-5-8-4-1-2-6-9(8)10;7-6-4-2-1-3-5-6;;;;;;;/h1-9H,(H,14,15);1-7H,(H,12,13);1-5,7H;;;;;;;/q;;;+2;2*+1;4*-1. The van der Waals surface area contributed by atoms with Gasteiger partial charge in [-0.3, -0.25) is 0 Å². The van der Waals surface area contributed by atoms with Crippen LogP contribution >= 0.6 is 0 Å². The summed E-state index contributed by atoms with van der Waals surface area (Å²) in [6.07, 6.45) is 0. The topological polar surface area (TPSA) is 94.8 Å². The number of benzene rings is 5. The molecular weight excluding hydrogens is 494 g/mol. The molecule has 0 saturated carbocycles. The number of carboxylic acid groups (broad SMARTS) is 2. The number of fused-ring (bicyclic) bond motifs is 1. The van der Waals surface area contributed by atoms with E-state index in [9.17, 15) is 9.59 Å². The molecule has 5 aromatic carbocycles. The summed E-state index contributed by atoms with van der Waals surface area (Å²) < 4.78 is 0. The van der Waals surface area contributed by atoms with Crippen LogP contribution in [0, 0.1) is 0 Å². The Balaban J connectivity index is -0.000000157. The van der Waals surface area contributed by atoms with E-state index in [1.54, 1.807) is 48.5 Å². The van der Waals surface area contributed by atoms with E-state index in [-0.39, 0.29) is 81.2 Å². The Bertz CT molecular complexity index is 1430. The molecule has 0 radical (unpaired) electrons. The number of phenolic OH excluding ortho intramolecular Hbond substituents is 1. The van der Waals surface area contributed by atoms with Gasteiger partial charge in [-0.25, -0.2) is 9.59 Å². The Hall–Kier alpha value is -2.45. The number of hydrogen-bond donors (Lipinski definition) is 3. The van der Waals surface area contributed by atoms with Crippen molar-refractivity contribution >= 4 is 60.4 Å². The third kappa shape index (κ3) is 10.7. The number of aromatic carboxylic acids is 2. The number of aromatic hydroxyl groups is 1. The van der Waals surface area contributed by atoms with Crippen molar-refractivity contribution in [1.29, 1.82) is 0 Å². The molecule has 182 valence electrons. The maximum absolute atomic E-state index is 11.0. The molecule has 0 fully saturated rings. The first-order valence-electron chi connectivity index (χ1n) is 10.8. The monoisotopic (exact) mass is 522 g/mol. The zero-order valence-corrected chi connectivity index (χ0v) is 23.7. The average Bonchev–Trinajstić information content (AvgIpc) is 2.90. The summed E-state index contributed by atoms with van der Waals surface area (Å²) in [4.78, 5) is 21.8. The fourth-order valence-electron chi connectivity index (χ4n) is 3.38. The number of carboxylic acids is 2. The van der Waals surface area contributed by atoms with E-state index in [1.165, 1.54) is 0 Å². The van der Waals surface area contributed by atoms with Gasteiger partial charge in [0.15, 0.2) is 0 Å². The van der Waals surface area contributed by atoms with Crippen LogP contribution in [0.15, 0.2) is 127 Å². The first-order chi connectivity index (χ1) is 17.0. The van der Waals surface area contributed by atoms with Crippen molar-refractivity contribution in [2.75, 3.05) is 0 Å². The van der Waals surface area contributed by atoms with Gasteiger partial charge < -0.3 is 21.0 Å². The molecule has 0 amide bonds. The molecule has 5 rings (SSSR count). The summed E-state index contributed by atoms with van der Waals surface area (Å²) in [5, 5.41) is 28.3. The van der Waals surface area contributed by atoms with Crippen LogP contribution in [0.5, 0.6) is 5.75 Å². The van der Waals surface area contributed by atoms with Gasteiger partial charge in [0.1, 0.15) is 5.75 Å². The quantitative estimate of drug-likeness (QED) is 0.308. The minimum atomic E-state index is -0.894. The van der Waals surface area contributed by atoms with Gasteiger partial charge in [-0.2, -0.15) is 0 Å². The minimum Gasteiger partial charge on any atom is -1.00 e. The predicted molar refractivity (Wildman–Crippen MR) is 148 cm³/mol. The van der Waals surface area contributed by atoms with Gasteiger partial charge in [-0.1, -0.05) is 103 Å². The van der Waals surface area contributed by atoms with E-state index in [1.807, 2.05) is 78.9 Å². The van der Waals surface area contributed by atoms with Crippen LogP contribution in [0.2, 0.25) is 0 Å². The summed E-state index contributed by atoms with van der Waals surface area (Å²) in [6.45, 7) is 0. The SMILES string of the molecule is O=C(O)c1cccc2ccccc12.O=C(O)c1ccccc1-c1ccccc1.Oc1ccccc1.[Ca+2].[H-].[H-].[H-].[H-].[Li+].[Li+]. The molecule has 0 aromatic heterocycles. The van der Waals surface area contributed by atoms with Crippen molar-refractivity contribution < 1.29 is 68.3 Å². The fraction of sp³-hybridized carbons (Fsp3) is 0. The molecule has 0 aliphatic rings. The average molecular weight is 523 g/mol. The van der Waals surface area contributed by atoms with Crippen LogP contribution in [-0.2, 0) is 0 Å². The number of rotatable bonds is 3. The minimum absolute atomic E-state index is 0. The molecule has 0 bridgehead atoms. The van der Waals surface area contributed by atoms with Gasteiger partial charge in [0.05, 0.1) is 11.1 Å². The third-order valence-electron chi connectivity index (χ3n) is 5.02. The predicted octanol–water partition coefficient (Wildman–Crippen LogP) is 1.06. The second-order valence-electron chi connectivity index (χ2n) is 7.38. The number of phenols is 1. The van der Waals surface area contributed by atoms with E-state index in [4.69, 9.17) is 15.3 Å². The van der Waals surface area contributed by atoms with Gasteiger partial charge in [0.25, 0.3) is 0 Å². The smallest absolute Gasteiger partial charge is 1.00 e. The van der Waals surface area contributed by atoms with Crippen molar-refractivity contribution in [2.24, 2.45) is 0 Å². The van der Waals surface area contributed by atoms with E-state index in [0.29, 0.717) is 16.9 Å². The first kappa shape index (κ1) is 35.6. The zero-order chi connectivity index (χ0) is 25.0. The Morgan fingerprint density at radius 1 is 0.526 bits per heavy atom. The maximum Gasteiger partial charge on any atom is 2.00 e. The van der Waals surface area contributed by atoms with Crippen LogP contribution in [0.25, 0.3) is 21.9 Å². The van der Waals surface area contributed by atoms with Crippen LogP contribution in [0.1, 0.15) is 26.4 Å². The summed E-state index contributed by atoms with van der Waals surface area (Å²) in [5.41, 5.74) is 2.38. The second-order valence-corrected chi connectivity index (χ2v) is 7.38. The summed E-state index contributed by atoms with van der Waals surface area (Å²) in [7, 11) is 0. The molecule has 3 N–H and O–H groups in total. The molecule has 0 atom stereocenters. The molecule has 0 spiro atoms. The molecule has 0 unspecified atom stereocenters. The van der Waals surface area contributed by atoms with Crippen molar-refractivity contribution in [3.63, 3.8) is 0 Å². The Morgan fingerprint density at radius 2 is 0.974 bits per heavy atom. The number of hydrogen-bond acceptors (Lipinski definition) is 3. The molecule has 0 heterocycles. The largest absolute Gasteiger partial charge is 2.00 e. The summed E-state index contributed by atoms with van der Waals surface area (Å²) >= 11 is 0.